The summed E-state index contributed by atoms with van der Waals surface area (Å²) in [5, 5.41) is 5.54. The van der Waals surface area contributed by atoms with Gasteiger partial charge >= 0.3 is 0 Å². The SMILES string of the molecule is Cc1cc(C)cc(C(=O)NCC(=O)NCC2CN(Cc3ccccc3)CCO2)c1. The third kappa shape index (κ3) is 6.69. The lowest BCUT2D eigenvalue weighted by molar-refractivity contribution is -0.121. The monoisotopic (exact) mass is 395 g/mol. The van der Waals surface area contributed by atoms with Gasteiger partial charge in [0.15, 0.2) is 0 Å². The first-order valence-electron chi connectivity index (χ1n) is 10.0. The summed E-state index contributed by atoms with van der Waals surface area (Å²) in [7, 11) is 0. The molecule has 1 aliphatic heterocycles. The normalized spacial score (nSPS) is 17.0. The molecule has 1 unspecified atom stereocenters. The van der Waals surface area contributed by atoms with Gasteiger partial charge in [-0.3, -0.25) is 14.5 Å². The summed E-state index contributed by atoms with van der Waals surface area (Å²) in [4.78, 5) is 26.7. The Bertz CT molecular complexity index is 818. The number of ether oxygens (including phenoxy) is 1. The summed E-state index contributed by atoms with van der Waals surface area (Å²) in [6, 6.07) is 16.0. The molecule has 0 aromatic heterocycles. The lowest BCUT2D eigenvalue weighted by Crippen LogP contribution is -2.48. The number of morpholine rings is 1. The molecule has 0 aliphatic carbocycles. The summed E-state index contributed by atoms with van der Waals surface area (Å²) in [6.45, 7) is 7.45. The van der Waals surface area contributed by atoms with Gasteiger partial charge in [-0.25, -0.2) is 0 Å². The molecule has 2 amide bonds. The second-order valence-corrected chi connectivity index (χ2v) is 7.58. The third-order valence-corrected chi connectivity index (χ3v) is 4.89. The first kappa shape index (κ1) is 21.0. The molecule has 2 N–H and O–H groups in total. The van der Waals surface area contributed by atoms with Crippen molar-refractivity contribution in [3.63, 3.8) is 0 Å². The maximum Gasteiger partial charge on any atom is 0.251 e. The first-order valence-corrected chi connectivity index (χ1v) is 10.0. The van der Waals surface area contributed by atoms with Crippen LogP contribution in [0.15, 0.2) is 48.5 Å². The van der Waals surface area contributed by atoms with Crippen LogP contribution in [0.25, 0.3) is 0 Å². The Balaban J connectivity index is 1.40. The number of hydrogen-bond donors (Lipinski definition) is 2. The molecular formula is C23H29N3O3. The maximum atomic E-state index is 12.3. The third-order valence-electron chi connectivity index (χ3n) is 4.89. The van der Waals surface area contributed by atoms with Crippen LogP contribution in [0, 0.1) is 13.8 Å². The average molecular weight is 396 g/mol. The van der Waals surface area contributed by atoms with Crippen LogP contribution < -0.4 is 10.6 Å². The van der Waals surface area contributed by atoms with Crippen molar-refractivity contribution < 1.29 is 14.3 Å². The molecule has 6 nitrogen and oxygen atoms in total. The Morgan fingerprint density at radius 3 is 2.52 bits per heavy atom. The van der Waals surface area contributed by atoms with E-state index >= 15 is 0 Å². The number of aryl methyl sites for hydroxylation is 2. The van der Waals surface area contributed by atoms with Gasteiger partial charge in [-0.1, -0.05) is 47.5 Å². The minimum Gasteiger partial charge on any atom is -0.374 e. The zero-order valence-electron chi connectivity index (χ0n) is 17.1. The molecule has 1 atom stereocenters. The zero-order valence-corrected chi connectivity index (χ0v) is 17.1. The quantitative estimate of drug-likeness (QED) is 0.753. The second kappa shape index (κ2) is 10.2. The molecule has 2 aromatic rings. The number of hydrogen-bond acceptors (Lipinski definition) is 4. The van der Waals surface area contributed by atoms with Crippen molar-refractivity contribution in [3.8, 4) is 0 Å². The number of benzene rings is 2. The molecule has 0 spiro atoms. The van der Waals surface area contributed by atoms with Crippen molar-refractivity contribution in [2.75, 3.05) is 32.8 Å². The predicted octanol–water partition coefficient (Wildman–Crippen LogP) is 2.05. The molecule has 1 saturated heterocycles. The van der Waals surface area contributed by atoms with E-state index in [4.69, 9.17) is 4.74 Å². The fourth-order valence-corrected chi connectivity index (χ4v) is 3.55. The number of nitrogens with one attached hydrogen (secondary N) is 2. The van der Waals surface area contributed by atoms with E-state index < -0.39 is 0 Å². The van der Waals surface area contributed by atoms with E-state index in [1.54, 1.807) is 0 Å². The van der Waals surface area contributed by atoms with Crippen LogP contribution in [0.4, 0.5) is 0 Å². The van der Waals surface area contributed by atoms with Gasteiger partial charge in [-0.2, -0.15) is 0 Å². The lowest BCUT2D eigenvalue weighted by atomic mass is 10.1. The Kier molecular flexibility index (Phi) is 7.38. The van der Waals surface area contributed by atoms with E-state index in [2.05, 4.69) is 27.7 Å². The molecule has 6 heteroatoms. The number of carbonyl (C=O) groups is 2. The highest BCUT2D eigenvalue weighted by atomic mass is 16.5. The average Bonchev–Trinajstić information content (AvgIpc) is 2.71. The van der Waals surface area contributed by atoms with Crippen LogP contribution >= 0.6 is 0 Å². The molecule has 1 aliphatic rings. The Morgan fingerprint density at radius 1 is 1.07 bits per heavy atom. The number of rotatable bonds is 7. The molecular weight excluding hydrogens is 366 g/mol. The van der Waals surface area contributed by atoms with Crippen molar-refractivity contribution in [2.45, 2.75) is 26.5 Å². The van der Waals surface area contributed by atoms with Crippen molar-refractivity contribution >= 4 is 11.8 Å². The van der Waals surface area contributed by atoms with E-state index in [9.17, 15) is 9.59 Å². The van der Waals surface area contributed by atoms with Gasteiger partial charge < -0.3 is 15.4 Å². The van der Waals surface area contributed by atoms with Gasteiger partial charge in [0.2, 0.25) is 5.91 Å². The van der Waals surface area contributed by atoms with Crippen molar-refractivity contribution in [2.24, 2.45) is 0 Å². The van der Waals surface area contributed by atoms with Gasteiger partial charge in [0.1, 0.15) is 0 Å². The maximum absolute atomic E-state index is 12.3. The minimum atomic E-state index is -0.241. The van der Waals surface area contributed by atoms with Crippen LogP contribution in [0.3, 0.4) is 0 Å². The Hall–Kier alpha value is -2.70. The number of amides is 2. The number of nitrogens with zero attached hydrogens (tertiary/aromatic N) is 1. The van der Waals surface area contributed by atoms with Gasteiger partial charge in [0, 0.05) is 31.7 Å². The van der Waals surface area contributed by atoms with Gasteiger partial charge in [0.05, 0.1) is 19.3 Å². The standard InChI is InChI=1S/C23H29N3O3/c1-17-10-18(2)12-20(11-17)23(28)25-14-22(27)24-13-21-16-26(8-9-29-21)15-19-6-4-3-5-7-19/h3-7,10-12,21H,8-9,13-16H2,1-2H3,(H,24,27)(H,25,28). The highest BCUT2D eigenvalue weighted by molar-refractivity contribution is 5.96. The molecule has 0 saturated carbocycles. The van der Waals surface area contributed by atoms with Gasteiger partial charge in [-0.15, -0.1) is 0 Å². The van der Waals surface area contributed by atoms with E-state index in [-0.39, 0.29) is 24.5 Å². The van der Waals surface area contributed by atoms with E-state index in [1.807, 2.05) is 50.2 Å². The van der Waals surface area contributed by atoms with Crippen molar-refractivity contribution in [3.05, 3.63) is 70.8 Å². The summed E-state index contributed by atoms with van der Waals surface area (Å²) >= 11 is 0. The van der Waals surface area contributed by atoms with E-state index in [0.29, 0.717) is 18.7 Å². The fourth-order valence-electron chi connectivity index (χ4n) is 3.55. The van der Waals surface area contributed by atoms with Crippen LogP contribution in [-0.4, -0.2) is 55.6 Å². The van der Waals surface area contributed by atoms with Crippen molar-refractivity contribution in [1.82, 2.24) is 15.5 Å². The molecule has 154 valence electrons. The van der Waals surface area contributed by atoms with E-state index in [1.165, 1.54) is 5.56 Å². The van der Waals surface area contributed by atoms with Crippen LogP contribution in [-0.2, 0) is 16.1 Å². The summed E-state index contributed by atoms with van der Waals surface area (Å²) in [5.41, 5.74) is 3.89. The van der Waals surface area contributed by atoms with Crippen LogP contribution in [0.1, 0.15) is 27.0 Å². The van der Waals surface area contributed by atoms with Crippen molar-refractivity contribution in [1.29, 1.82) is 0 Å². The number of carbonyl (C=O) groups excluding carboxylic acids is 2. The Labute approximate surface area is 172 Å². The van der Waals surface area contributed by atoms with Crippen LogP contribution in [0.5, 0.6) is 0 Å². The summed E-state index contributed by atoms with van der Waals surface area (Å²) in [6.07, 6.45) is -0.0495. The van der Waals surface area contributed by atoms with Gasteiger partial charge in [-0.05, 0) is 31.5 Å². The smallest absolute Gasteiger partial charge is 0.251 e. The molecule has 1 heterocycles. The topological polar surface area (TPSA) is 70.7 Å². The Morgan fingerprint density at radius 2 is 1.79 bits per heavy atom. The second-order valence-electron chi connectivity index (χ2n) is 7.58. The highest BCUT2D eigenvalue weighted by Gasteiger charge is 2.21. The van der Waals surface area contributed by atoms with Crippen LogP contribution in [0.2, 0.25) is 0 Å². The summed E-state index contributed by atoms with van der Waals surface area (Å²) < 4.78 is 5.77. The molecule has 29 heavy (non-hydrogen) atoms. The first-order chi connectivity index (χ1) is 14.0. The minimum absolute atomic E-state index is 0.0493. The molecule has 1 fully saturated rings. The predicted molar refractivity (Wildman–Crippen MR) is 113 cm³/mol. The van der Waals surface area contributed by atoms with E-state index in [0.717, 1.165) is 30.8 Å². The molecule has 2 aromatic carbocycles. The largest absolute Gasteiger partial charge is 0.374 e. The highest BCUT2D eigenvalue weighted by Crippen LogP contribution is 2.10. The molecule has 0 bridgehead atoms. The lowest BCUT2D eigenvalue weighted by Gasteiger charge is -2.33. The summed E-state index contributed by atoms with van der Waals surface area (Å²) in [5.74, 6) is -0.457. The molecule has 0 radical (unpaired) electrons. The zero-order chi connectivity index (χ0) is 20.6. The fraction of sp³-hybridized carbons (Fsp3) is 0.391. The van der Waals surface area contributed by atoms with Gasteiger partial charge in [0.25, 0.3) is 5.91 Å². The molecule has 3 rings (SSSR count).